The van der Waals surface area contributed by atoms with Crippen molar-refractivity contribution in [3.05, 3.63) is 83.3 Å². The number of rotatable bonds is 3. The van der Waals surface area contributed by atoms with Crippen molar-refractivity contribution in [3.63, 3.8) is 0 Å². The van der Waals surface area contributed by atoms with E-state index in [-0.39, 0.29) is 0 Å². The van der Waals surface area contributed by atoms with Crippen LogP contribution in [0.3, 0.4) is 0 Å². The van der Waals surface area contributed by atoms with Crippen LogP contribution in [0.5, 0.6) is 0 Å². The normalized spacial score (nSPS) is 11.1. The molecule has 0 aliphatic carbocycles. The Morgan fingerprint density at radius 1 is 0.778 bits per heavy atom. The smallest absolute Gasteiger partial charge is 0.419 e. The molecule has 0 radical (unpaired) electrons. The summed E-state index contributed by atoms with van der Waals surface area (Å²) in [7, 11) is 0. The molecule has 3 aromatic carbocycles. The van der Waals surface area contributed by atoms with Gasteiger partial charge >= 0.3 is 6.09 Å². The van der Waals surface area contributed by atoms with Gasteiger partial charge in [0.25, 0.3) is 0 Å². The van der Waals surface area contributed by atoms with E-state index < -0.39 is 11.7 Å². The van der Waals surface area contributed by atoms with E-state index in [9.17, 15) is 4.79 Å². The number of anilines is 2. The highest BCUT2D eigenvalue weighted by molar-refractivity contribution is 9.10. The number of carbonyl (C=O) groups excluding carboxylic acids is 1. The third kappa shape index (κ3) is 4.98. The number of nitrogens with zero attached hydrogens (tertiary/aromatic N) is 1. The average molecular weight is 424 g/mol. The summed E-state index contributed by atoms with van der Waals surface area (Å²) in [4.78, 5) is 14.4. The quantitative estimate of drug-likeness (QED) is 0.445. The first-order chi connectivity index (χ1) is 12.8. The Labute approximate surface area is 168 Å². The Hall–Kier alpha value is -2.59. The fraction of sp³-hybridized carbons (Fsp3) is 0.174. The van der Waals surface area contributed by atoms with Crippen LogP contribution in [-0.4, -0.2) is 11.7 Å². The molecule has 3 aromatic rings. The number of hydrogen-bond donors (Lipinski definition) is 0. The minimum Gasteiger partial charge on any atom is -0.443 e. The lowest BCUT2D eigenvalue weighted by atomic mass is 10.1. The van der Waals surface area contributed by atoms with Gasteiger partial charge in [0.2, 0.25) is 0 Å². The Morgan fingerprint density at radius 2 is 1.26 bits per heavy atom. The number of halogens is 1. The summed E-state index contributed by atoms with van der Waals surface area (Å²) in [5, 5.41) is 0. The van der Waals surface area contributed by atoms with Gasteiger partial charge in [-0.15, -0.1) is 0 Å². The van der Waals surface area contributed by atoms with Crippen LogP contribution in [-0.2, 0) is 4.74 Å². The number of hydrogen-bond acceptors (Lipinski definition) is 2. The maximum absolute atomic E-state index is 12.9. The molecule has 0 bridgehead atoms. The SMILES string of the molecule is CC(C)(C)OC(=O)N(c1ccccc1)c1ccc(-c2ccc(Br)cc2)cc1. The zero-order chi connectivity index (χ0) is 19.4. The van der Waals surface area contributed by atoms with E-state index in [4.69, 9.17) is 4.74 Å². The highest BCUT2D eigenvalue weighted by Gasteiger charge is 2.24. The van der Waals surface area contributed by atoms with E-state index in [1.807, 2.05) is 87.5 Å². The van der Waals surface area contributed by atoms with E-state index in [0.717, 1.165) is 27.0 Å². The molecule has 27 heavy (non-hydrogen) atoms. The molecule has 1 amide bonds. The summed E-state index contributed by atoms with van der Waals surface area (Å²) < 4.78 is 6.66. The molecule has 138 valence electrons. The van der Waals surface area contributed by atoms with Crippen LogP contribution in [0.1, 0.15) is 20.8 Å². The van der Waals surface area contributed by atoms with Gasteiger partial charge in [0, 0.05) is 4.47 Å². The first kappa shape index (κ1) is 19.2. The number of ether oxygens (including phenoxy) is 1. The summed E-state index contributed by atoms with van der Waals surface area (Å²) in [6.07, 6.45) is -0.398. The van der Waals surface area contributed by atoms with Gasteiger partial charge in [0.05, 0.1) is 11.4 Å². The van der Waals surface area contributed by atoms with Crippen LogP contribution < -0.4 is 4.90 Å². The first-order valence-corrected chi connectivity index (χ1v) is 9.57. The maximum atomic E-state index is 12.9. The maximum Gasteiger partial charge on any atom is 0.419 e. The lowest BCUT2D eigenvalue weighted by Gasteiger charge is -2.27. The Bertz CT molecular complexity index is 898. The highest BCUT2D eigenvalue weighted by Crippen LogP contribution is 2.30. The van der Waals surface area contributed by atoms with Crippen LogP contribution in [0.4, 0.5) is 16.2 Å². The van der Waals surface area contributed by atoms with Crippen molar-refractivity contribution in [2.75, 3.05) is 4.90 Å². The minimum atomic E-state index is -0.568. The highest BCUT2D eigenvalue weighted by atomic mass is 79.9. The molecule has 0 aliphatic rings. The van der Waals surface area contributed by atoms with Gasteiger partial charge in [-0.05, 0) is 68.3 Å². The van der Waals surface area contributed by atoms with E-state index in [2.05, 4.69) is 28.1 Å². The van der Waals surface area contributed by atoms with Gasteiger partial charge in [-0.2, -0.15) is 0 Å². The van der Waals surface area contributed by atoms with Crippen LogP contribution in [0.15, 0.2) is 83.3 Å². The summed E-state index contributed by atoms with van der Waals surface area (Å²) in [5.41, 5.74) is 3.16. The van der Waals surface area contributed by atoms with Gasteiger partial charge in [0.15, 0.2) is 0 Å². The molecule has 0 heterocycles. The van der Waals surface area contributed by atoms with Crippen molar-refractivity contribution in [2.45, 2.75) is 26.4 Å². The monoisotopic (exact) mass is 423 g/mol. The zero-order valence-corrected chi connectivity index (χ0v) is 17.2. The van der Waals surface area contributed by atoms with Gasteiger partial charge in [-0.25, -0.2) is 9.69 Å². The van der Waals surface area contributed by atoms with Crippen molar-refractivity contribution in [1.82, 2.24) is 0 Å². The van der Waals surface area contributed by atoms with E-state index in [1.54, 1.807) is 4.90 Å². The summed E-state index contributed by atoms with van der Waals surface area (Å²) in [5.74, 6) is 0. The fourth-order valence-corrected chi connectivity index (χ4v) is 2.95. The third-order valence-corrected chi connectivity index (χ3v) is 4.42. The number of carbonyl (C=O) groups is 1. The average Bonchev–Trinajstić information content (AvgIpc) is 2.63. The van der Waals surface area contributed by atoms with Crippen LogP contribution >= 0.6 is 15.9 Å². The molecule has 0 spiro atoms. The Kier molecular flexibility index (Phi) is 5.66. The molecule has 3 rings (SSSR count). The van der Waals surface area contributed by atoms with Crippen LogP contribution in [0.2, 0.25) is 0 Å². The molecule has 0 aromatic heterocycles. The molecule has 0 aliphatic heterocycles. The number of amides is 1. The van der Waals surface area contributed by atoms with Crippen LogP contribution in [0.25, 0.3) is 11.1 Å². The molecule has 0 unspecified atom stereocenters. The largest absolute Gasteiger partial charge is 0.443 e. The Balaban J connectivity index is 1.95. The molecule has 0 saturated carbocycles. The molecular weight excluding hydrogens is 402 g/mol. The second kappa shape index (κ2) is 7.97. The van der Waals surface area contributed by atoms with E-state index in [0.29, 0.717) is 0 Å². The van der Waals surface area contributed by atoms with Gasteiger partial charge in [0.1, 0.15) is 5.60 Å². The second-order valence-corrected chi connectivity index (χ2v) is 8.12. The van der Waals surface area contributed by atoms with Gasteiger partial charge < -0.3 is 4.74 Å². The standard InChI is InChI=1S/C23H22BrNO2/c1-23(2,3)27-22(26)25(20-7-5-4-6-8-20)21-15-11-18(12-16-21)17-9-13-19(24)14-10-17/h4-16H,1-3H3. The van der Waals surface area contributed by atoms with E-state index in [1.165, 1.54) is 0 Å². The number of para-hydroxylation sites is 1. The molecule has 0 fully saturated rings. The summed E-state index contributed by atoms with van der Waals surface area (Å²) in [6, 6.07) is 25.6. The van der Waals surface area contributed by atoms with E-state index >= 15 is 0 Å². The van der Waals surface area contributed by atoms with Crippen molar-refractivity contribution in [3.8, 4) is 11.1 Å². The zero-order valence-electron chi connectivity index (χ0n) is 15.6. The fourth-order valence-electron chi connectivity index (χ4n) is 2.69. The summed E-state index contributed by atoms with van der Waals surface area (Å²) >= 11 is 3.46. The molecule has 0 N–H and O–H groups in total. The lowest BCUT2D eigenvalue weighted by molar-refractivity contribution is 0.0599. The van der Waals surface area contributed by atoms with Gasteiger partial charge in [-0.3, -0.25) is 0 Å². The van der Waals surface area contributed by atoms with Crippen molar-refractivity contribution < 1.29 is 9.53 Å². The molecular formula is C23H22BrNO2. The summed E-state index contributed by atoms with van der Waals surface area (Å²) in [6.45, 7) is 5.60. The lowest BCUT2D eigenvalue weighted by Crippen LogP contribution is -2.33. The number of benzene rings is 3. The second-order valence-electron chi connectivity index (χ2n) is 7.21. The molecule has 0 atom stereocenters. The molecule has 0 saturated heterocycles. The van der Waals surface area contributed by atoms with Crippen molar-refractivity contribution in [2.24, 2.45) is 0 Å². The topological polar surface area (TPSA) is 29.5 Å². The predicted octanol–water partition coefficient (Wildman–Crippen LogP) is 7.19. The molecule has 3 nitrogen and oxygen atoms in total. The Morgan fingerprint density at radius 3 is 1.78 bits per heavy atom. The predicted molar refractivity (Wildman–Crippen MR) is 114 cm³/mol. The first-order valence-electron chi connectivity index (χ1n) is 8.78. The van der Waals surface area contributed by atoms with Crippen molar-refractivity contribution in [1.29, 1.82) is 0 Å². The molecule has 4 heteroatoms. The van der Waals surface area contributed by atoms with Crippen molar-refractivity contribution >= 4 is 33.4 Å². The third-order valence-electron chi connectivity index (χ3n) is 3.89. The van der Waals surface area contributed by atoms with Crippen LogP contribution in [0, 0.1) is 0 Å². The minimum absolute atomic E-state index is 0.398. The van der Waals surface area contributed by atoms with Gasteiger partial charge in [-0.1, -0.05) is 58.4 Å².